The second-order valence-electron chi connectivity index (χ2n) is 8.79. The molecular formula is C23H29N5O4S. The first-order valence-electron chi connectivity index (χ1n) is 10.9. The summed E-state index contributed by atoms with van der Waals surface area (Å²) in [7, 11) is 0. The number of Topliss-reactive ketones (excluding diaryl/α,β-unsaturated/α-hetero) is 1. The molecule has 0 amide bonds. The highest BCUT2D eigenvalue weighted by Crippen LogP contribution is 2.21. The molecule has 0 atom stereocenters. The van der Waals surface area contributed by atoms with Gasteiger partial charge in [0.2, 0.25) is 0 Å². The van der Waals surface area contributed by atoms with Crippen LogP contribution in [0.25, 0.3) is 10.9 Å². The van der Waals surface area contributed by atoms with E-state index in [4.69, 9.17) is 5.73 Å². The standard InChI is InChI=1S/C23H29N5O4S/c1-13(2)9-10-27-21(31)15-7-5-6-8-16(15)25-23(27)33-12-17(29)18-19(24)28(11-14(3)4)22(32)26-20(18)30/h5-8,13-14H,9-12,24H2,1-4H3,(H,26,30,32). The monoisotopic (exact) mass is 471 g/mol. The summed E-state index contributed by atoms with van der Waals surface area (Å²) in [6, 6.07) is 7.06. The number of anilines is 1. The van der Waals surface area contributed by atoms with Gasteiger partial charge in [-0.25, -0.2) is 9.78 Å². The Bertz CT molecular complexity index is 1350. The predicted octanol–water partition coefficient (Wildman–Crippen LogP) is 2.51. The van der Waals surface area contributed by atoms with Crippen molar-refractivity contribution in [2.45, 2.75) is 52.4 Å². The van der Waals surface area contributed by atoms with Gasteiger partial charge in [0.15, 0.2) is 10.9 Å². The van der Waals surface area contributed by atoms with Gasteiger partial charge in [-0.15, -0.1) is 0 Å². The van der Waals surface area contributed by atoms with Crippen LogP contribution >= 0.6 is 11.8 Å². The van der Waals surface area contributed by atoms with Gasteiger partial charge in [-0.3, -0.25) is 28.5 Å². The number of nitrogen functional groups attached to an aromatic ring is 1. The van der Waals surface area contributed by atoms with Gasteiger partial charge in [-0.1, -0.05) is 51.6 Å². The summed E-state index contributed by atoms with van der Waals surface area (Å²) in [6.45, 7) is 8.67. The Labute approximate surface area is 195 Å². The van der Waals surface area contributed by atoms with E-state index in [1.54, 1.807) is 28.8 Å². The molecule has 0 aliphatic rings. The van der Waals surface area contributed by atoms with E-state index in [0.29, 0.717) is 28.5 Å². The third-order valence-electron chi connectivity index (χ3n) is 5.16. The van der Waals surface area contributed by atoms with Crippen LogP contribution in [0.3, 0.4) is 0 Å². The number of aromatic amines is 1. The van der Waals surface area contributed by atoms with Gasteiger partial charge in [0, 0.05) is 13.1 Å². The molecule has 176 valence electrons. The van der Waals surface area contributed by atoms with Crippen LogP contribution in [0, 0.1) is 11.8 Å². The van der Waals surface area contributed by atoms with Gasteiger partial charge in [0.1, 0.15) is 11.4 Å². The molecule has 10 heteroatoms. The first-order chi connectivity index (χ1) is 15.6. The Hall–Kier alpha value is -3.14. The van der Waals surface area contributed by atoms with Crippen LogP contribution in [0.2, 0.25) is 0 Å². The first-order valence-corrected chi connectivity index (χ1v) is 11.9. The van der Waals surface area contributed by atoms with Crippen molar-refractivity contribution in [2.75, 3.05) is 11.5 Å². The fraction of sp³-hybridized carbons (Fsp3) is 0.435. The number of nitrogens with zero attached hydrogens (tertiary/aromatic N) is 3. The molecule has 0 bridgehead atoms. The zero-order valence-corrected chi connectivity index (χ0v) is 20.1. The van der Waals surface area contributed by atoms with Crippen LogP contribution in [0.5, 0.6) is 0 Å². The van der Waals surface area contributed by atoms with Gasteiger partial charge in [0.05, 0.1) is 16.7 Å². The number of benzene rings is 1. The Kier molecular flexibility index (Phi) is 7.57. The number of nitrogens with two attached hydrogens (primary N) is 1. The third kappa shape index (κ3) is 5.44. The fourth-order valence-corrected chi connectivity index (χ4v) is 4.35. The molecule has 0 spiro atoms. The van der Waals surface area contributed by atoms with E-state index in [1.165, 1.54) is 4.57 Å². The molecule has 9 nitrogen and oxygen atoms in total. The second-order valence-corrected chi connectivity index (χ2v) is 9.73. The highest BCUT2D eigenvalue weighted by atomic mass is 32.2. The number of thioether (sulfide) groups is 1. The predicted molar refractivity (Wildman–Crippen MR) is 131 cm³/mol. The summed E-state index contributed by atoms with van der Waals surface area (Å²) in [6.07, 6.45) is 0.772. The third-order valence-corrected chi connectivity index (χ3v) is 6.13. The number of fused-ring (bicyclic) bond motifs is 1. The van der Waals surface area contributed by atoms with E-state index < -0.39 is 17.0 Å². The van der Waals surface area contributed by atoms with Crippen molar-refractivity contribution in [3.63, 3.8) is 0 Å². The van der Waals surface area contributed by atoms with Crippen molar-refractivity contribution in [3.8, 4) is 0 Å². The molecule has 2 heterocycles. The lowest BCUT2D eigenvalue weighted by Gasteiger charge is -2.15. The normalized spacial score (nSPS) is 11.6. The number of aromatic nitrogens is 4. The van der Waals surface area contributed by atoms with Crippen LogP contribution in [0.15, 0.2) is 43.8 Å². The highest BCUT2D eigenvalue weighted by molar-refractivity contribution is 7.99. The van der Waals surface area contributed by atoms with Gasteiger partial charge in [0.25, 0.3) is 11.1 Å². The molecule has 0 unspecified atom stereocenters. The SMILES string of the molecule is CC(C)CCn1c(SCC(=O)c2c(N)n(CC(C)C)c(=O)[nH]c2=O)nc2ccccc2c1=O. The molecule has 0 aliphatic carbocycles. The van der Waals surface area contributed by atoms with Crippen molar-refractivity contribution in [1.29, 1.82) is 0 Å². The van der Waals surface area contributed by atoms with Crippen molar-refractivity contribution in [1.82, 2.24) is 19.1 Å². The minimum atomic E-state index is -0.813. The maximum atomic E-state index is 13.1. The average molecular weight is 472 g/mol. The number of para-hydroxylation sites is 1. The number of rotatable bonds is 9. The minimum absolute atomic E-state index is 0.0884. The molecule has 3 rings (SSSR count). The maximum absolute atomic E-state index is 13.1. The van der Waals surface area contributed by atoms with Crippen LogP contribution in [0.4, 0.5) is 5.82 Å². The van der Waals surface area contributed by atoms with Gasteiger partial charge in [-0.05, 0) is 30.4 Å². The van der Waals surface area contributed by atoms with E-state index in [2.05, 4.69) is 23.8 Å². The summed E-state index contributed by atoms with van der Waals surface area (Å²) >= 11 is 1.08. The van der Waals surface area contributed by atoms with E-state index >= 15 is 0 Å². The summed E-state index contributed by atoms with van der Waals surface area (Å²) < 4.78 is 2.78. The first kappa shape index (κ1) is 24.5. The van der Waals surface area contributed by atoms with E-state index in [0.717, 1.165) is 18.2 Å². The highest BCUT2D eigenvalue weighted by Gasteiger charge is 2.21. The van der Waals surface area contributed by atoms with Gasteiger partial charge < -0.3 is 5.73 Å². The van der Waals surface area contributed by atoms with Crippen molar-refractivity contribution < 1.29 is 4.79 Å². The number of ketones is 1. The van der Waals surface area contributed by atoms with E-state index in [9.17, 15) is 19.2 Å². The van der Waals surface area contributed by atoms with Gasteiger partial charge in [-0.2, -0.15) is 0 Å². The molecule has 0 radical (unpaired) electrons. The number of carbonyl (C=O) groups is 1. The van der Waals surface area contributed by atoms with Crippen LogP contribution in [0.1, 0.15) is 44.5 Å². The maximum Gasteiger partial charge on any atom is 0.329 e. The smallest absolute Gasteiger partial charge is 0.329 e. The lowest BCUT2D eigenvalue weighted by atomic mass is 10.1. The zero-order valence-electron chi connectivity index (χ0n) is 19.3. The molecular weight excluding hydrogens is 442 g/mol. The van der Waals surface area contributed by atoms with Gasteiger partial charge >= 0.3 is 5.69 Å². The van der Waals surface area contributed by atoms with Crippen LogP contribution in [-0.2, 0) is 13.1 Å². The van der Waals surface area contributed by atoms with Crippen LogP contribution in [-0.4, -0.2) is 30.6 Å². The molecule has 2 aromatic heterocycles. The second kappa shape index (κ2) is 10.2. The van der Waals surface area contributed by atoms with Crippen molar-refractivity contribution in [2.24, 2.45) is 11.8 Å². The molecule has 33 heavy (non-hydrogen) atoms. The lowest BCUT2D eigenvalue weighted by molar-refractivity contribution is 0.102. The van der Waals surface area contributed by atoms with E-state index in [-0.39, 0.29) is 35.2 Å². The quantitative estimate of drug-likeness (QED) is 0.278. The topological polar surface area (TPSA) is 133 Å². The number of hydrogen-bond acceptors (Lipinski definition) is 7. The Morgan fingerprint density at radius 3 is 2.45 bits per heavy atom. The molecule has 0 saturated heterocycles. The van der Waals surface area contributed by atoms with Crippen molar-refractivity contribution >= 4 is 34.3 Å². The molecule has 0 saturated carbocycles. The van der Waals surface area contributed by atoms with E-state index in [1.807, 2.05) is 13.8 Å². The summed E-state index contributed by atoms with van der Waals surface area (Å²) in [5, 5.41) is 0.914. The molecule has 3 aromatic rings. The minimum Gasteiger partial charge on any atom is -0.384 e. The molecule has 0 aliphatic heterocycles. The average Bonchev–Trinajstić information content (AvgIpc) is 2.74. The molecule has 3 N–H and O–H groups in total. The Morgan fingerprint density at radius 1 is 1.09 bits per heavy atom. The summed E-state index contributed by atoms with van der Waals surface area (Å²) in [5.41, 5.74) is 4.72. The molecule has 1 aromatic carbocycles. The largest absolute Gasteiger partial charge is 0.384 e. The molecule has 0 fully saturated rings. The Balaban J connectivity index is 1.97. The fourth-order valence-electron chi connectivity index (χ4n) is 3.45. The lowest BCUT2D eigenvalue weighted by Crippen LogP contribution is -2.37. The number of hydrogen-bond donors (Lipinski definition) is 2. The van der Waals surface area contributed by atoms with Crippen LogP contribution < -0.4 is 22.5 Å². The number of nitrogens with one attached hydrogen (secondary N) is 1. The number of carbonyl (C=O) groups excluding carboxylic acids is 1. The summed E-state index contributed by atoms with van der Waals surface area (Å²) in [5.74, 6) is -0.367. The number of H-pyrrole nitrogens is 1. The zero-order chi connectivity index (χ0) is 24.3. The Morgan fingerprint density at radius 2 is 1.79 bits per heavy atom. The summed E-state index contributed by atoms with van der Waals surface area (Å²) in [4.78, 5) is 57.4. The van der Waals surface area contributed by atoms with Crippen molar-refractivity contribution in [3.05, 3.63) is 61.0 Å².